The van der Waals surface area contributed by atoms with Crippen molar-refractivity contribution in [1.29, 1.82) is 0 Å². The van der Waals surface area contributed by atoms with Crippen LogP contribution in [0.1, 0.15) is 52.4 Å². The lowest BCUT2D eigenvalue weighted by atomic mass is 9.45. The van der Waals surface area contributed by atoms with Gasteiger partial charge < -0.3 is 9.84 Å². The van der Waals surface area contributed by atoms with Crippen LogP contribution >= 0.6 is 0 Å². The third-order valence-corrected chi connectivity index (χ3v) is 7.02. The Morgan fingerprint density at radius 3 is 2.87 bits per heavy atom. The molecule has 1 N–H and O–H groups in total. The summed E-state index contributed by atoms with van der Waals surface area (Å²) in [5.41, 5.74) is -1.58. The van der Waals surface area contributed by atoms with E-state index in [4.69, 9.17) is 4.74 Å². The number of esters is 1. The van der Waals surface area contributed by atoms with Crippen molar-refractivity contribution in [3.63, 3.8) is 0 Å². The molecule has 0 aromatic carbocycles. The van der Waals surface area contributed by atoms with Crippen LogP contribution in [0.4, 0.5) is 0 Å². The van der Waals surface area contributed by atoms with Crippen molar-refractivity contribution in [2.75, 3.05) is 13.1 Å². The Bertz CT molecular complexity index is 545. The smallest absolute Gasteiger partial charge is 0.303 e. The molecule has 0 aromatic rings. The van der Waals surface area contributed by atoms with Gasteiger partial charge in [0, 0.05) is 38.1 Å². The first-order valence-electron chi connectivity index (χ1n) is 9.07. The Hall–Kier alpha value is -0.940. The molecule has 2 heterocycles. The van der Waals surface area contributed by atoms with Gasteiger partial charge in [0.25, 0.3) is 0 Å². The predicted molar refractivity (Wildman–Crippen MR) is 83.7 cm³/mol. The fourth-order valence-electron chi connectivity index (χ4n) is 6.49. The molecule has 5 heteroatoms. The number of Topliss-reactive ketones (excluding diaryl/α,β-unsaturated/α-hetero) is 1. The standard InChI is InChI=1S/C18H27NO4/c1-11-8-13-9-15(21)14-4-3-6-19-7-5-16(23-12(2)20)18(13,22)17(14,19)10-11/h11,13-14,16,22H,3-10H2,1-2H3/t11?,13-,14+,16-,17-,18+/m0/s1. The highest BCUT2D eigenvalue weighted by molar-refractivity contribution is 5.85. The van der Waals surface area contributed by atoms with Crippen molar-refractivity contribution in [3.8, 4) is 0 Å². The lowest BCUT2D eigenvalue weighted by Gasteiger charge is -2.70. The first kappa shape index (κ1) is 15.6. The SMILES string of the molecule is CC(=O)O[C@H]1CCN2CCC[C@@H]3C(=O)C[C@@H]4CC(C)C[C@@]32[C@@]41O. The largest absolute Gasteiger partial charge is 0.459 e. The first-order valence-corrected chi connectivity index (χ1v) is 9.07. The molecule has 128 valence electrons. The van der Waals surface area contributed by atoms with E-state index in [1.54, 1.807) is 0 Å². The van der Waals surface area contributed by atoms with Crippen molar-refractivity contribution < 1.29 is 19.4 Å². The lowest BCUT2D eigenvalue weighted by molar-refractivity contribution is -0.288. The molecule has 0 aromatic heterocycles. The average molecular weight is 321 g/mol. The van der Waals surface area contributed by atoms with Crippen LogP contribution in [0.15, 0.2) is 0 Å². The summed E-state index contributed by atoms with van der Waals surface area (Å²) in [5, 5.41) is 11.9. The van der Waals surface area contributed by atoms with Crippen molar-refractivity contribution in [3.05, 3.63) is 0 Å². The summed E-state index contributed by atoms with van der Waals surface area (Å²) in [5.74, 6) is 0.301. The molecular formula is C18H27NO4. The normalized spacial score (nSPS) is 49.4. The van der Waals surface area contributed by atoms with Gasteiger partial charge in [0.1, 0.15) is 17.5 Å². The van der Waals surface area contributed by atoms with Crippen LogP contribution in [-0.4, -0.2) is 52.1 Å². The van der Waals surface area contributed by atoms with Crippen LogP contribution in [0.5, 0.6) is 0 Å². The van der Waals surface area contributed by atoms with Gasteiger partial charge in [0.2, 0.25) is 0 Å². The van der Waals surface area contributed by atoms with Gasteiger partial charge in [-0.15, -0.1) is 0 Å². The number of aliphatic hydroxyl groups is 1. The monoisotopic (exact) mass is 321 g/mol. The van der Waals surface area contributed by atoms with E-state index in [0.717, 1.165) is 38.8 Å². The molecule has 2 saturated heterocycles. The van der Waals surface area contributed by atoms with Gasteiger partial charge in [0.05, 0.1) is 5.54 Å². The lowest BCUT2D eigenvalue weighted by Crippen LogP contribution is -2.83. The molecule has 6 atom stereocenters. The van der Waals surface area contributed by atoms with Crippen molar-refractivity contribution in [1.82, 2.24) is 4.90 Å². The highest BCUT2D eigenvalue weighted by Gasteiger charge is 2.73. The summed E-state index contributed by atoms with van der Waals surface area (Å²) in [6, 6.07) is 0. The zero-order chi connectivity index (χ0) is 16.4. The number of carbonyl (C=O) groups is 2. The zero-order valence-electron chi connectivity index (χ0n) is 14.1. The van der Waals surface area contributed by atoms with Gasteiger partial charge in [0.15, 0.2) is 0 Å². The van der Waals surface area contributed by atoms with Crippen molar-refractivity contribution >= 4 is 11.8 Å². The van der Waals surface area contributed by atoms with E-state index in [1.807, 2.05) is 0 Å². The van der Waals surface area contributed by atoms with Gasteiger partial charge in [-0.3, -0.25) is 14.5 Å². The van der Waals surface area contributed by atoms with Crippen LogP contribution in [0.2, 0.25) is 0 Å². The highest BCUT2D eigenvalue weighted by atomic mass is 16.6. The molecule has 2 bridgehead atoms. The second-order valence-corrected chi connectivity index (χ2v) is 8.23. The third-order valence-electron chi connectivity index (χ3n) is 7.02. The van der Waals surface area contributed by atoms with Crippen LogP contribution in [0.25, 0.3) is 0 Å². The van der Waals surface area contributed by atoms with Gasteiger partial charge in [-0.2, -0.15) is 0 Å². The first-order chi connectivity index (χ1) is 10.9. The van der Waals surface area contributed by atoms with E-state index in [1.165, 1.54) is 6.92 Å². The van der Waals surface area contributed by atoms with Crippen LogP contribution in [0.3, 0.4) is 0 Å². The summed E-state index contributed by atoms with van der Waals surface area (Å²) in [7, 11) is 0. The number of carbonyl (C=O) groups excluding carboxylic acids is 2. The molecule has 4 fully saturated rings. The van der Waals surface area contributed by atoms with Gasteiger partial charge in [-0.25, -0.2) is 0 Å². The quantitative estimate of drug-likeness (QED) is 0.742. The molecule has 4 aliphatic rings. The summed E-state index contributed by atoms with van der Waals surface area (Å²) in [4.78, 5) is 26.8. The van der Waals surface area contributed by atoms with Crippen LogP contribution in [0, 0.1) is 17.8 Å². The maximum absolute atomic E-state index is 12.8. The third kappa shape index (κ3) is 1.86. The Morgan fingerprint density at radius 1 is 1.35 bits per heavy atom. The minimum absolute atomic E-state index is 0.0831. The van der Waals surface area contributed by atoms with Gasteiger partial charge >= 0.3 is 5.97 Å². The van der Waals surface area contributed by atoms with E-state index in [-0.39, 0.29) is 17.8 Å². The summed E-state index contributed by atoms with van der Waals surface area (Å²) < 4.78 is 5.60. The molecule has 0 radical (unpaired) electrons. The molecule has 2 aliphatic carbocycles. The number of ketones is 1. The minimum atomic E-state index is -1.07. The number of hydrogen-bond acceptors (Lipinski definition) is 5. The molecule has 1 unspecified atom stereocenters. The Kier molecular flexibility index (Phi) is 3.40. The second kappa shape index (κ2) is 5.03. The molecule has 23 heavy (non-hydrogen) atoms. The van der Waals surface area contributed by atoms with Crippen LogP contribution in [-0.2, 0) is 14.3 Å². The topological polar surface area (TPSA) is 66.8 Å². The van der Waals surface area contributed by atoms with E-state index < -0.39 is 17.2 Å². The molecule has 2 saturated carbocycles. The number of nitrogens with zero attached hydrogens (tertiary/aromatic N) is 1. The summed E-state index contributed by atoms with van der Waals surface area (Å²) in [6.07, 6.45) is 4.22. The highest BCUT2D eigenvalue weighted by Crippen LogP contribution is 2.61. The fourth-order valence-corrected chi connectivity index (χ4v) is 6.49. The summed E-state index contributed by atoms with van der Waals surface area (Å²) >= 11 is 0. The molecule has 4 rings (SSSR count). The van der Waals surface area contributed by atoms with E-state index in [0.29, 0.717) is 24.5 Å². The van der Waals surface area contributed by atoms with E-state index >= 15 is 0 Å². The average Bonchev–Trinajstić information content (AvgIpc) is 2.46. The maximum Gasteiger partial charge on any atom is 0.303 e. The fraction of sp³-hybridized carbons (Fsp3) is 0.889. The molecule has 2 aliphatic heterocycles. The van der Waals surface area contributed by atoms with Crippen molar-refractivity contribution in [2.45, 2.75) is 69.6 Å². The predicted octanol–water partition coefficient (Wildman–Crippen LogP) is 1.52. The second-order valence-electron chi connectivity index (χ2n) is 8.23. The van der Waals surface area contributed by atoms with Crippen molar-refractivity contribution in [2.24, 2.45) is 17.8 Å². The molecule has 5 nitrogen and oxygen atoms in total. The Balaban J connectivity index is 1.86. The zero-order valence-corrected chi connectivity index (χ0v) is 14.1. The minimum Gasteiger partial charge on any atom is -0.459 e. The molecule has 0 amide bonds. The number of ether oxygens (including phenoxy) is 1. The molecular weight excluding hydrogens is 294 g/mol. The van der Waals surface area contributed by atoms with E-state index in [2.05, 4.69) is 11.8 Å². The Labute approximate surface area is 137 Å². The Morgan fingerprint density at radius 2 is 2.13 bits per heavy atom. The van der Waals surface area contributed by atoms with Gasteiger partial charge in [-0.1, -0.05) is 6.92 Å². The summed E-state index contributed by atoms with van der Waals surface area (Å²) in [6.45, 7) is 5.40. The van der Waals surface area contributed by atoms with Gasteiger partial charge in [-0.05, 0) is 38.1 Å². The number of rotatable bonds is 1. The van der Waals surface area contributed by atoms with E-state index in [9.17, 15) is 14.7 Å². The number of hydrogen-bond donors (Lipinski definition) is 1. The molecule has 1 spiro atoms. The maximum atomic E-state index is 12.8. The number of piperidine rings is 2. The van der Waals surface area contributed by atoms with Crippen LogP contribution < -0.4 is 0 Å².